The van der Waals surface area contributed by atoms with E-state index in [1.54, 1.807) is 4.90 Å². The molecule has 1 saturated carbocycles. The van der Waals surface area contributed by atoms with Crippen LogP contribution in [0, 0.1) is 12.3 Å². The number of hydrogen-bond acceptors (Lipinski definition) is 6. The Labute approximate surface area is 156 Å². The Morgan fingerprint density at radius 1 is 1.31 bits per heavy atom. The summed E-state index contributed by atoms with van der Waals surface area (Å²) in [6, 6.07) is 0. The van der Waals surface area contributed by atoms with Gasteiger partial charge in [0.1, 0.15) is 5.41 Å². The van der Waals surface area contributed by atoms with Crippen LogP contribution in [0.2, 0.25) is 0 Å². The molecule has 3 amide bonds. The van der Waals surface area contributed by atoms with Crippen LogP contribution in [0.5, 0.6) is 0 Å². The van der Waals surface area contributed by atoms with Crippen LogP contribution in [-0.4, -0.2) is 69.9 Å². The van der Waals surface area contributed by atoms with Gasteiger partial charge in [-0.25, -0.2) is 4.98 Å². The maximum atomic E-state index is 12.8. The largest absolute Gasteiger partial charge is 0.389 e. The van der Waals surface area contributed by atoms with Gasteiger partial charge in [-0.1, -0.05) is 6.42 Å². The van der Waals surface area contributed by atoms with Gasteiger partial charge in [-0.2, -0.15) is 0 Å². The molecular formula is C17H24N4O4S. The third-order valence-electron chi connectivity index (χ3n) is 5.23. The molecule has 2 aliphatic rings. The Hall–Kier alpha value is -2.00. The molecular weight excluding hydrogens is 356 g/mol. The zero-order valence-electron chi connectivity index (χ0n) is 14.8. The molecule has 1 aromatic heterocycles. The highest BCUT2D eigenvalue weighted by atomic mass is 32.1. The molecule has 1 unspecified atom stereocenters. The molecule has 26 heavy (non-hydrogen) atoms. The van der Waals surface area contributed by atoms with E-state index in [1.165, 1.54) is 16.2 Å². The first-order valence-corrected chi connectivity index (χ1v) is 9.66. The van der Waals surface area contributed by atoms with Crippen LogP contribution in [0.15, 0.2) is 5.38 Å². The number of amides is 3. The second-order valence-electron chi connectivity index (χ2n) is 7.08. The van der Waals surface area contributed by atoms with Gasteiger partial charge in [0, 0.05) is 31.6 Å². The number of nitrogens with two attached hydrogens (primary N) is 1. The van der Waals surface area contributed by atoms with E-state index in [9.17, 15) is 19.5 Å². The summed E-state index contributed by atoms with van der Waals surface area (Å²) in [6.07, 6.45) is 1.03. The van der Waals surface area contributed by atoms with Crippen LogP contribution in [0.3, 0.4) is 0 Å². The number of aliphatic hydroxyl groups is 1. The summed E-state index contributed by atoms with van der Waals surface area (Å²) < 4.78 is 0. The van der Waals surface area contributed by atoms with Gasteiger partial charge in [0.2, 0.25) is 17.7 Å². The molecule has 1 aliphatic carbocycles. The minimum absolute atomic E-state index is 0.105. The highest BCUT2D eigenvalue weighted by molar-refractivity contribution is 7.09. The summed E-state index contributed by atoms with van der Waals surface area (Å²) in [5, 5.41) is 13.0. The van der Waals surface area contributed by atoms with E-state index in [0.29, 0.717) is 25.1 Å². The lowest BCUT2D eigenvalue weighted by Gasteiger charge is -2.40. The van der Waals surface area contributed by atoms with Crippen LogP contribution >= 0.6 is 11.3 Å². The number of nitrogens with zero attached hydrogens (tertiary/aromatic N) is 3. The molecule has 2 heterocycles. The van der Waals surface area contributed by atoms with E-state index in [4.69, 9.17) is 5.73 Å². The molecule has 1 saturated heterocycles. The molecule has 8 nitrogen and oxygen atoms in total. The molecule has 9 heteroatoms. The number of aryl methyl sites for hydroxylation is 1. The first-order valence-electron chi connectivity index (χ1n) is 8.78. The fourth-order valence-corrected chi connectivity index (χ4v) is 4.17. The van der Waals surface area contributed by atoms with Crippen molar-refractivity contribution in [2.24, 2.45) is 11.1 Å². The van der Waals surface area contributed by atoms with Crippen LogP contribution in [-0.2, 0) is 20.8 Å². The van der Waals surface area contributed by atoms with Crippen molar-refractivity contribution in [2.75, 3.05) is 26.2 Å². The Morgan fingerprint density at radius 3 is 2.50 bits per heavy atom. The summed E-state index contributed by atoms with van der Waals surface area (Å²) in [4.78, 5) is 44.4. The summed E-state index contributed by atoms with van der Waals surface area (Å²) in [5.41, 5.74) is 5.04. The number of aromatic nitrogens is 1. The van der Waals surface area contributed by atoms with E-state index in [0.717, 1.165) is 11.4 Å². The lowest BCUT2D eigenvalue weighted by Crippen LogP contribution is -2.56. The van der Waals surface area contributed by atoms with Gasteiger partial charge in [0.15, 0.2) is 0 Å². The molecule has 0 bridgehead atoms. The molecule has 2 fully saturated rings. The van der Waals surface area contributed by atoms with Crippen molar-refractivity contribution in [1.29, 1.82) is 0 Å². The summed E-state index contributed by atoms with van der Waals surface area (Å²) >= 11 is 1.49. The second-order valence-corrected chi connectivity index (χ2v) is 8.14. The maximum absolute atomic E-state index is 12.8. The van der Waals surface area contributed by atoms with Gasteiger partial charge in [-0.05, 0) is 19.8 Å². The Bertz CT molecular complexity index is 715. The summed E-state index contributed by atoms with van der Waals surface area (Å²) in [5.74, 6) is -1.05. The van der Waals surface area contributed by atoms with Gasteiger partial charge in [0.05, 0.1) is 23.2 Å². The quantitative estimate of drug-likeness (QED) is 0.695. The summed E-state index contributed by atoms with van der Waals surface area (Å²) in [7, 11) is 0. The topological polar surface area (TPSA) is 117 Å². The van der Waals surface area contributed by atoms with Gasteiger partial charge < -0.3 is 20.6 Å². The van der Waals surface area contributed by atoms with Crippen LogP contribution in [0.1, 0.15) is 30.0 Å². The average Bonchev–Trinajstić information content (AvgIpc) is 2.82. The molecule has 0 spiro atoms. The SMILES string of the molecule is Cc1nc(CC(=O)N2CCN(C(=O)C3(C(N)=O)CCC3)CC(O)C2)cs1. The fourth-order valence-electron chi connectivity index (χ4n) is 3.56. The highest BCUT2D eigenvalue weighted by Gasteiger charge is 2.51. The number of thiazole rings is 1. The Kier molecular flexibility index (Phi) is 5.29. The second kappa shape index (κ2) is 7.32. The third-order valence-corrected chi connectivity index (χ3v) is 6.05. The van der Waals surface area contributed by atoms with E-state index in [-0.39, 0.29) is 37.9 Å². The van der Waals surface area contributed by atoms with Crippen LogP contribution in [0.4, 0.5) is 0 Å². The molecule has 142 valence electrons. The number of hydrogen-bond donors (Lipinski definition) is 2. The zero-order chi connectivity index (χ0) is 18.9. The van der Waals surface area contributed by atoms with Gasteiger partial charge in [-0.3, -0.25) is 14.4 Å². The predicted octanol–water partition coefficient (Wildman–Crippen LogP) is -0.319. The normalized spacial score (nSPS) is 22.5. The standard InChI is InChI=1S/C17H24N4O4S/c1-11-19-12(10-26-11)7-14(23)20-5-6-21(9-13(22)8-20)16(25)17(15(18)24)3-2-4-17/h10,13,22H,2-9H2,1H3,(H2,18,24). The molecule has 1 aliphatic heterocycles. The Morgan fingerprint density at radius 2 is 1.96 bits per heavy atom. The summed E-state index contributed by atoms with van der Waals surface area (Å²) in [6.45, 7) is 2.75. The van der Waals surface area contributed by atoms with Crippen molar-refractivity contribution >= 4 is 29.1 Å². The van der Waals surface area contributed by atoms with Crippen molar-refractivity contribution in [1.82, 2.24) is 14.8 Å². The van der Waals surface area contributed by atoms with Crippen molar-refractivity contribution in [2.45, 2.75) is 38.7 Å². The number of aliphatic hydroxyl groups excluding tert-OH is 1. The van der Waals surface area contributed by atoms with Crippen molar-refractivity contribution < 1.29 is 19.5 Å². The molecule has 1 aromatic rings. The van der Waals surface area contributed by atoms with Crippen molar-refractivity contribution in [3.63, 3.8) is 0 Å². The maximum Gasteiger partial charge on any atom is 0.238 e. The monoisotopic (exact) mass is 380 g/mol. The lowest BCUT2D eigenvalue weighted by molar-refractivity contribution is -0.156. The Balaban J connectivity index is 1.65. The van der Waals surface area contributed by atoms with Gasteiger partial charge in [-0.15, -0.1) is 11.3 Å². The number of primary amides is 1. The van der Waals surface area contributed by atoms with Crippen LogP contribution in [0.25, 0.3) is 0 Å². The van der Waals surface area contributed by atoms with E-state index in [1.807, 2.05) is 12.3 Å². The molecule has 0 radical (unpaired) electrons. The minimum Gasteiger partial charge on any atom is -0.389 e. The third kappa shape index (κ3) is 3.59. The van der Waals surface area contributed by atoms with Crippen molar-refractivity contribution in [3.8, 4) is 0 Å². The molecule has 1 atom stereocenters. The highest BCUT2D eigenvalue weighted by Crippen LogP contribution is 2.42. The van der Waals surface area contributed by atoms with E-state index in [2.05, 4.69) is 4.98 Å². The number of carbonyl (C=O) groups is 3. The minimum atomic E-state index is -1.13. The molecule has 3 N–H and O–H groups in total. The lowest BCUT2D eigenvalue weighted by atomic mass is 9.67. The van der Waals surface area contributed by atoms with E-state index < -0.39 is 17.4 Å². The van der Waals surface area contributed by atoms with Crippen molar-refractivity contribution in [3.05, 3.63) is 16.1 Å². The smallest absolute Gasteiger partial charge is 0.238 e. The number of β-amino-alcohol motifs (C(OH)–C–C–N with tert-alkyl or cyclic N) is 1. The predicted molar refractivity (Wildman–Crippen MR) is 95.2 cm³/mol. The average molecular weight is 380 g/mol. The number of rotatable bonds is 4. The van der Waals surface area contributed by atoms with Gasteiger partial charge >= 0.3 is 0 Å². The van der Waals surface area contributed by atoms with E-state index >= 15 is 0 Å². The fraction of sp³-hybridized carbons (Fsp3) is 0.647. The first-order chi connectivity index (χ1) is 12.3. The van der Waals surface area contributed by atoms with Gasteiger partial charge in [0.25, 0.3) is 0 Å². The number of carbonyl (C=O) groups excluding carboxylic acids is 3. The first kappa shape index (κ1) is 18.8. The molecule has 0 aromatic carbocycles. The molecule has 3 rings (SSSR count). The van der Waals surface area contributed by atoms with Crippen LogP contribution < -0.4 is 5.73 Å². The zero-order valence-corrected chi connectivity index (χ0v) is 15.6.